The number of rotatable bonds is 1. The molecule has 7 aliphatic rings. The third kappa shape index (κ3) is 3.41. The molecule has 0 amide bonds. The van der Waals surface area contributed by atoms with Gasteiger partial charge in [-0.1, -0.05) is 19.1 Å². The first-order chi connectivity index (χ1) is 19.1. The molecule has 4 saturated heterocycles. The summed E-state index contributed by atoms with van der Waals surface area (Å²) in [6.07, 6.45) is 3.84. The van der Waals surface area contributed by atoms with Crippen LogP contribution in [0.4, 0.5) is 0 Å². The van der Waals surface area contributed by atoms with Gasteiger partial charge in [0.25, 0.3) is 0 Å². The number of hydrogen-bond acceptors (Lipinski definition) is 11. The van der Waals surface area contributed by atoms with Crippen molar-refractivity contribution in [1.82, 2.24) is 0 Å². The third-order valence-electron chi connectivity index (χ3n) is 10.5. The summed E-state index contributed by atoms with van der Waals surface area (Å²) in [7, 11) is 0. The number of fused-ring (bicyclic) bond motifs is 1. The Morgan fingerprint density at radius 1 is 1.18 bits per heavy atom. The van der Waals surface area contributed by atoms with Crippen molar-refractivity contribution in [3.05, 3.63) is 35.6 Å². The van der Waals surface area contributed by atoms with Gasteiger partial charge in [-0.05, 0) is 25.0 Å². The van der Waals surface area contributed by atoms with Gasteiger partial charge in [-0.25, -0.2) is 9.59 Å². The zero-order valence-electron chi connectivity index (χ0n) is 22.8. The zero-order valence-corrected chi connectivity index (χ0v) is 22.8. The van der Waals surface area contributed by atoms with E-state index in [1.54, 1.807) is 12.2 Å². The highest BCUT2D eigenvalue weighted by atomic mass is 16.7. The highest BCUT2D eigenvalue weighted by Crippen LogP contribution is 2.72. The van der Waals surface area contributed by atoms with E-state index in [1.807, 2.05) is 19.9 Å². The first-order valence-electron chi connectivity index (χ1n) is 13.9. The van der Waals surface area contributed by atoms with Crippen molar-refractivity contribution >= 4 is 17.9 Å². The number of hydrogen-bond donors (Lipinski definition) is 1. The van der Waals surface area contributed by atoms with Gasteiger partial charge >= 0.3 is 17.9 Å². The minimum absolute atomic E-state index is 0.110. The van der Waals surface area contributed by atoms with Gasteiger partial charge in [-0.3, -0.25) is 4.79 Å². The van der Waals surface area contributed by atoms with E-state index in [1.165, 1.54) is 13.0 Å². The molecule has 5 heterocycles. The lowest BCUT2D eigenvalue weighted by Crippen LogP contribution is -2.68. The molecule has 4 bridgehead atoms. The largest absolute Gasteiger partial charge is 0.495 e. The third-order valence-corrected chi connectivity index (χ3v) is 10.5. The Morgan fingerprint density at radius 2 is 1.98 bits per heavy atom. The summed E-state index contributed by atoms with van der Waals surface area (Å²) >= 11 is 0. The summed E-state index contributed by atoms with van der Waals surface area (Å²) in [6.45, 7) is 5.83. The minimum Gasteiger partial charge on any atom is -0.495 e. The van der Waals surface area contributed by atoms with Crippen molar-refractivity contribution in [1.29, 1.82) is 0 Å². The number of allylic oxidation sites excluding steroid dienone is 2. The maximum atomic E-state index is 13.5. The number of aliphatic hydroxyl groups is 1. The molecule has 5 aliphatic heterocycles. The summed E-state index contributed by atoms with van der Waals surface area (Å²) in [5.41, 5.74) is -2.81. The topological polar surface area (TPSA) is 143 Å². The molecular weight excluding hydrogens is 524 g/mol. The standard InChI is InChI=1S/C29H34O11/c1-15-10-20-27(12-18(15)37-16(2)30)13-35-25(33)24-28(40-24)8-9-34-17(23(28)32)6-4-5-7-22(31)39-19-11-21(38-20)29(14-36-29)26(19,27)3/h5-7,10,18-21,23-24,32H,4,8-9,11-14H2,1-3H3/b7-5-,17-6-/t18-,19+,20+,21-,23-,24+,26+,27+,28+,29-/m0/s1. The molecule has 0 radical (unpaired) electrons. The molecular formula is C29H34O11. The molecule has 1 saturated carbocycles. The summed E-state index contributed by atoms with van der Waals surface area (Å²) in [4.78, 5) is 38.6. The van der Waals surface area contributed by atoms with Crippen molar-refractivity contribution in [2.45, 2.75) is 94.3 Å². The van der Waals surface area contributed by atoms with Crippen LogP contribution in [-0.4, -0.2) is 90.7 Å². The number of aliphatic hydroxyl groups excluding tert-OH is 1. The van der Waals surface area contributed by atoms with Gasteiger partial charge in [0.2, 0.25) is 0 Å². The van der Waals surface area contributed by atoms with Gasteiger partial charge in [0.1, 0.15) is 41.9 Å². The summed E-state index contributed by atoms with van der Waals surface area (Å²) in [6, 6.07) is 0. The number of esters is 3. The van der Waals surface area contributed by atoms with Gasteiger partial charge in [0.05, 0.1) is 36.3 Å². The highest BCUT2D eigenvalue weighted by Gasteiger charge is 2.83. The molecule has 0 unspecified atom stereocenters. The van der Waals surface area contributed by atoms with Crippen molar-refractivity contribution < 1.29 is 52.6 Å². The Balaban J connectivity index is 1.31. The van der Waals surface area contributed by atoms with Crippen LogP contribution in [0.15, 0.2) is 35.6 Å². The van der Waals surface area contributed by atoms with E-state index in [0.717, 1.165) is 5.57 Å². The molecule has 3 spiro atoms. The lowest BCUT2D eigenvalue weighted by Gasteiger charge is -2.59. The molecule has 5 fully saturated rings. The maximum absolute atomic E-state index is 13.5. The van der Waals surface area contributed by atoms with Crippen LogP contribution in [0, 0.1) is 10.8 Å². The number of carbonyl (C=O) groups is 3. The second kappa shape index (κ2) is 8.64. The van der Waals surface area contributed by atoms with Gasteiger partial charge in [-0.2, -0.15) is 0 Å². The molecule has 2 aliphatic carbocycles. The zero-order chi connectivity index (χ0) is 28.1. The lowest BCUT2D eigenvalue weighted by atomic mass is 9.51. The Hall–Kier alpha value is -2.73. The fraction of sp³-hybridized carbons (Fsp3) is 0.690. The van der Waals surface area contributed by atoms with Crippen molar-refractivity contribution in [3.63, 3.8) is 0 Å². The normalized spacial score (nSPS) is 51.0. The average molecular weight is 559 g/mol. The predicted molar refractivity (Wildman–Crippen MR) is 133 cm³/mol. The second-order valence-electron chi connectivity index (χ2n) is 12.3. The monoisotopic (exact) mass is 558 g/mol. The number of epoxide rings is 2. The second-order valence-corrected chi connectivity index (χ2v) is 12.3. The van der Waals surface area contributed by atoms with E-state index in [-0.39, 0.29) is 25.7 Å². The SMILES string of the molecule is CC(=O)O[C@H]1C[C@@]23COC(=O)[C@H]4O[C@@]45CCO/C(=C\C/C=C\C(=O)O[C@@H]4C[C@H](O[C@@H]2C=C1C)[C@@]1(CO1)[C@]43C)[C@@H]5O. The van der Waals surface area contributed by atoms with E-state index in [9.17, 15) is 19.5 Å². The molecule has 11 heteroatoms. The lowest BCUT2D eigenvalue weighted by molar-refractivity contribution is -0.240. The molecule has 0 aromatic rings. The van der Waals surface area contributed by atoms with Crippen molar-refractivity contribution in [2.24, 2.45) is 10.8 Å². The Morgan fingerprint density at radius 3 is 2.73 bits per heavy atom. The van der Waals surface area contributed by atoms with E-state index in [0.29, 0.717) is 31.6 Å². The highest BCUT2D eigenvalue weighted by molar-refractivity contribution is 5.82. The summed E-state index contributed by atoms with van der Waals surface area (Å²) < 4.78 is 42.1. The van der Waals surface area contributed by atoms with Gasteiger partial charge < -0.3 is 38.3 Å². The van der Waals surface area contributed by atoms with Crippen LogP contribution < -0.4 is 0 Å². The smallest absolute Gasteiger partial charge is 0.338 e. The minimum atomic E-state index is -1.15. The molecule has 1 N–H and O–H groups in total. The molecule has 0 aromatic carbocycles. The molecule has 40 heavy (non-hydrogen) atoms. The summed E-state index contributed by atoms with van der Waals surface area (Å²) in [5, 5.41) is 11.0. The molecule has 0 aromatic heterocycles. The fourth-order valence-corrected chi connectivity index (χ4v) is 8.05. The van der Waals surface area contributed by atoms with E-state index in [4.69, 9.17) is 33.2 Å². The van der Waals surface area contributed by atoms with Crippen LogP contribution in [0.5, 0.6) is 0 Å². The van der Waals surface area contributed by atoms with Gasteiger partial charge in [-0.15, -0.1) is 0 Å². The summed E-state index contributed by atoms with van der Waals surface area (Å²) in [5.74, 6) is -1.25. The Kier molecular flexibility index (Phi) is 5.66. The van der Waals surface area contributed by atoms with Crippen molar-refractivity contribution in [3.8, 4) is 0 Å². The van der Waals surface area contributed by atoms with Crippen LogP contribution in [-0.2, 0) is 47.5 Å². The first kappa shape index (κ1) is 26.2. The average Bonchev–Trinajstić information content (AvgIpc) is 3.81. The quantitative estimate of drug-likeness (QED) is 0.216. The maximum Gasteiger partial charge on any atom is 0.338 e. The van der Waals surface area contributed by atoms with Crippen LogP contribution in [0.3, 0.4) is 0 Å². The first-order valence-corrected chi connectivity index (χ1v) is 13.9. The molecule has 7 rings (SSSR count). The van der Waals surface area contributed by atoms with E-state index in [2.05, 4.69) is 0 Å². The van der Waals surface area contributed by atoms with Crippen LogP contribution in [0.25, 0.3) is 0 Å². The van der Waals surface area contributed by atoms with E-state index >= 15 is 0 Å². The van der Waals surface area contributed by atoms with E-state index < -0.39 is 70.5 Å². The van der Waals surface area contributed by atoms with Crippen LogP contribution >= 0.6 is 0 Å². The Labute approximate surface area is 231 Å². The van der Waals surface area contributed by atoms with Crippen LogP contribution in [0.2, 0.25) is 0 Å². The van der Waals surface area contributed by atoms with Gasteiger partial charge in [0, 0.05) is 32.3 Å². The number of cyclic esters (lactones) is 1. The van der Waals surface area contributed by atoms with Crippen molar-refractivity contribution in [2.75, 3.05) is 19.8 Å². The fourth-order valence-electron chi connectivity index (χ4n) is 8.05. The molecule has 11 nitrogen and oxygen atoms in total. The van der Waals surface area contributed by atoms with Crippen LogP contribution in [0.1, 0.15) is 46.5 Å². The number of carbonyl (C=O) groups excluding carboxylic acids is 3. The predicted octanol–water partition coefficient (Wildman–Crippen LogP) is 1.42. The number of ether oxygens (including phenoxy) is 7. The Bertz CT molecular complexity index is 1250. The molecule has 216 valence electrons. The molecule has 10 atom stereocenters. The van der Waals surface area contributed by atoms with Gasteiger partial charge in [0.15, 0.2) is 6.10 Å².